The summed E-state index contributed by atoms with van der Waals surface area (Å²) in [6.45, 7) is 3.90. The highest BCUT2D eigenvalue weighted by Crippen LogP contribution is 2.32. The molecule has 2 aromatic rings. The number of hydrogen-bond acceptors (Lipinski definition) is 6. The summed E-state index contributed by atoms with van der Waals surface area (Å²) >= 11 is 2.72. The Labute approximate surface area is 144 Å². The van der Waals surface area contributed by atoms with Crippen molar-refractivity contribution in [2.24, 2.45) is 0 Å². The minimum absolute atomic E-state index is 0.129. The van der Waals surface area contributed by atoms with Crippen molar-refractivity contribution in [2.75, 3.05) is 20.1 Å². The van der Waals surface area contributed by atoms with Crippen LogP contribution >= 0.6 is 23.5 Å². The molecule has 1 aliphatic rings. The average molecular weight is 345 g/mol. The quantitative estimate of drug-likeness (QED) is 0.612. The third kappa shape index (κ3) is 3.88. The highest BCUT2D eigenvalue weighted by molar-refractivity contribution is 8.00. The van der Waals surface area contributed by atoms with Crippen LogP contribution in [0.3, 0.4) is 0 Å². The normalized spacial score (nSPS) is 16.9. The summed E-state index contributed by atoms with van der Waals surface area (Å²) in [5.41, 5.74) is 2.91. The summed E-state index contributed by atoms with van der Waals surface area (Å²) in [6, 6.07) is 9.42. The highest BCUT2D eigenvalue weighted by atomic mass is 32.2. The van der Waals surface area contributed by atoms with Gasteiger partial charge in [0.15, 0.2) is 5.78 Å². The lowest BCUT2D eigenvalue weighted by Gasteiger charge is -2.22. The summed E-state index contributed by atoms with van der Waals surface area (Å²) in [4.78, 5) is 14.8. The van der Waals surface area contributed by atoms with Gasteiger partial charge in [-0.1, -0.05) is 48.2 Å². The number of thioether (sulfide) groups is 1. The maximum atomic E-state index is 12.5. The third-order valence-corrected chi connectivity index (χ3v) is 5.54. The zero-order valence-corrected chi connectivity index (χ0v) is 14.9. The van der Waals surface area contributed by atoms with Crippen LogP contribution in [0.25, 0.3) is 5.57 Å². The largest absolute Gasteiger partial charge is 0.302 e. The van der Waals surface area contributed by atoms with Crippen molar-refractivity contribution >= 4 is 34.8 Å². The number of nitrogens with zero attached hydrogens (tertiary/aromatic N) is 3. The Bertz CT molecular complexity index is 712. The molecule has 0 bridgehead atoms. The van der Waals surface area contributed by atoms with Crippen LogP contribution in [0.5, 0.6) is 0 Å². The number of carbonyl (C=O) groups is 1. The number of benzene rings is 1. The first-order valence-corrected chi connectivity index (χ1v) is 9.22. The SMILES string of the molecule is CC(Sc1nsnc1C1=CCCN(C)C1)C(=O)c1ccccc1. The molecular formula is C17H19N3OS2. The molecule has 3 rings (SSSR count). The molecule has 0 saturated carbocycles. The maximum Gasteiger partial charge on any atom is 0.175 e. The number of aromatic nitrogens is 2. The smallest absolute Gasteiger partial charge is 0.175 e. The molecule has 2 heterocycles. The number of Topliss-reactive ketones (excluding diaryl/α,β-unsaturated/α-hetero) is 1. The van der Waals surface area contributed by atoms with E-state index in [9.17, 15) is 4.79 Å². The van der Waals surface area contributed by atoms with Crippen LogP contribution < -0.4 is 0 Å². The summed E-state index contributed by atoms with van der Waals surface area (Å²) in [7, 11) is 2.11. The number of hydrogen-bond donors (Lipinski definition) is 0. The molecule has 1 aromatic carbocycles. The second-order valence-electron chi connectivity index (χ2n) is 5.66. The molecule has 120 valence electrons. The Balaban J connectivity index is 1.75. The molecule has 0 fully saturated rings. The zero-order chi connectivity index (χ0) is 16.2. The van der Waals surface area contributed by atoms with E-state index in [0.29, 0.717) is 0 Å². The van der Waals surface area contributed by atoms with E-state index < -0.39 is 0 Å². The van der Waals surface area contributed by atoms with Crippen molar-refractivity contribution in [1.29, 1.82) is 0 Å². The molecule has 0 spiro atoms. The molecule has 1 atom stereocenters. The summed E-state index contributed by atoms with van der Waals surface area (Å²) in [6.07, 6.45) is 3.27. The number of likely N-dealkylation sites (N-methyl/N-ethyl adjacent to an activating group) is 1. The predicted molar refractivity (Wildman–Crippen MR) is 96.1 cm³/mol. The molecule has 0 radical (unpaired) electrons. The van der Waals surface area contributed by atoms with E-state index in [1.807, 2.05) is 37.3 Å². The number of rotatable bonds is 5. The van der Waals surface area contributed by atoms with Gasteiger partial charge in [0.05, 0.1) is 17.0 Å². The Morgan fingerprint density at radius 1 is 1.30 bits per heavy atom. The maximum absolute atomic E-state index is 12.5. The molecule has 6 heteroatoms. The predicted octanol–water partition coefficient (Wildman–Crippen LogP) is 3.62. The monoisotopic (exact) mass is 345 g/mol. The van der Waals surface area contributed by atoms with Crippen LogP contribution in [0.15, 0.2) is 41.4 Å². The lowest BCUT2D eigenvalue weighted by molar-refractivity contribution is 0.0994. The van der Waals surface area contributed by atoms with Crippen LogP contribution in [-0.4, -0.2) is 44.8 Å². The topological polar surface area (TPSA) is 46.1 Å². The average Bonchev–Trinajstić information content (AvgIpc) is 3.03. The fourth-order valence-corrected chi connectivity index (χ4v) is 4.26. The van der Waals surface area contributed by atoms with Gasteiger partial charge < -0.3 is 4.90 Å². The Morgan fingerprint density at radius 3 is 2.83 bits per heavy atom. The van der Waals surface area contributed by atoms with Crippen molar-refractivity contribution in [2.45, 2.75) is 23.6 Å². The molecule has 1 aromatic heterocycles. The van der Waals surface area contributed by atoms with E-state index in [2.05, 4.69) is 26.8 Å². The zero-order valence-electron chi connectivity index (χ0n) is 13.2. The number of carbonyl (C=O) groups excluding carboxylic acids is 1. The fourth-order valence-electron chi connectivity index (χ4n) is 2.58. The van der Waals surface area contributed by atoms with Gasteiger partial charge in [-0.25, -0.2) is 0 Å². The van der Waals surface area contributed by atoms with E-state index in [4.69, 9.17) is 0 Å². The molecule has 4 nitrogen and oxygen atoms in total. The Morgan fingerprint density at radius 2 is 2.09 bits per heavy atom. The Hall–Kier alpha value is -1.50. The molecule has 1 unspecified atom stereocenters. The van der Waals surface area contributed by atoms with Gasteiger partial charge in [-0.05, 0) is 26.0 Å². The van der Waals surface area contributed by atoms with E-state index >= 15 is 0 Å². The van der Waals surface area contributed by atoms with Gasteiger partial charge >= 0.3 is 0 Å². The van der Waals surface area contributed by atoms with Gasteiger partial charge in [-0.3, -0.25) is 4.79 Å². The molecule has 0 N–H and O–H groups in total. The fraction of sp³-hybridized carbons (Fsp3) is 0.353. The Kier molecular flexibility index (Phi) is 5.25. The number of ketones is 1. The summed E-state index contributed by atoms with van der Waals surface area (Å²) in [5, 5.41) is 0.690. The second kappa shape index (κ2) is 7.38. The minimum atomic E-state index is -0.179. The summed E-state index contributed by atoms with van der Waals surface area (Å²) < 4.78 is 8.88. The van der Waals surface area contributed by atoms with Crippen molar-refractivity contribution in [3.63, 3.8) is 0 Å². The van der Waals surface area contributed by atoms with Crippen molar-refractivity contribution in [3.05, 3.63) is 47.7 Å². The van der Waals surface area contributed by atoms with Gasteiger partial charge in [-0.2, -0.15) is 8.75 Å². The van der Waals surface area contributed by atoms with Crippen molar-refractivity contribution in [3.8, 4) is 0 Å². The van der Waals surface area contributed by atoms with Crippen LogP contribution in [0.4, 0.5) is 0 Å². The first-order chi connectivity index (χ1) is 11.1. The van der Waals surface area contributed by atoms with Crippen LogP contribution in [-0.2, 0) is 0 Å². The molecular weight excluding hydrogens is 326 g/mol. The molecule has 0 saturated heterocycles. The first kappa shape index (κ1) is 16.4. The molecule has 0 aliphatic carbocycles. The van der Waals surface area contributed by atoms with E-state index in [-0.39, 0.29) is 11.0 Å². The minimum Gasteiger partial charge on any atom is -0.302 e. The molecule has 0 amide bonds. The van der Waals surface area contributed by atoms with Crippen molar-refractivity contribution < 1.29 is 4.79 Å². The van der Waals surface area contributed by atoms with Crippen LogP contribution in [0.2, 0.25) is 0 Å². The van der Waals surface area contributed by atoms with Gasteiger partial charge in [0.25, 0.3) is 0 Å². The lowest BCUT2D eigenvalue weighted by atomic mass is 10.1. The van der Waals surface area contributed by atoms with Gasteiger partial charge in [0, 0.05) is 18.7 Å². The van der Waals surface area contributed by atoms with Crippen molar-refractivity contribution in [1.82, 2.24) is 13.6 Å². The van der Waals surface area contributed by atoms with E-state index in [1.54, 1.807) is 0 Å². The standard InChI is InChI=1S/C17H19N3OS2/c1-12(16(21)13-7-4-3-5-8-13)22-17-15(18-23-19-17)14-9-6-10-20(2)11-14/h3-5,7-9,12H,6,10-11H2,1-2H3. The second-order valence-corrected chi connectivity index (χ2v) is 7.52. The lowest BCUT2D eigenvalue weighted by Crippen LogP contribution is -2.25. The molecule has 23 heavy (non-hydrogen) atoms. The van der Waals surface area contributed by atoms with Gasteiger partial charge in [-0.15, -0.1) is 0 Å². The molecule has 1 aliphatic heterocycles. The summed E-state index contributed by atoms with van der Waals surface area (Å²) in [5.74, 6) is 0.129. The van der Waals surface area contributed by atoms with Crippen LogP contribution in [0, 0.1) is 0 Å². The van der Waals surface area contributed by atoms with E-state index in [0.717, 1.165) is 35.8 Å². The third-order valence-electron chi connectivity index (χ3n) is 3.82. The van der Waals surface area contributed by atoms with Crippen LogP contribution in [0.1, 0.15) is 29.4 Å². The van der Waals surface area contributed by atoms with Gasteiger partial charge in [0.1, 0.15) is 10.7 Å². The first-order valence-electron chi connectivity index (χ1n) is 7.61. The highest BCUT2D eigenvalue weighted by Gasteiger charge is 2.22. The van der Waals surface area contributed by atoms with E-state index in [1.165, 1.54) is 29.1 Å². The van der Waals surface area contributed by atoms with Gasteiger partial charge in [0.2, 0.25) is 0 Å².